The highest BCUT2D eigenvalue weighted by atomic mass is 79.9. The summed E-state index contributed by atoms with van der Waals surface area (Å²) in [6, 6.07) is 2.89. The molecule has 1 aromatic rings. The quantitative estimate of drug-likeness (QED) is 0.894. The Morgan fingerprint density at radius 1 is 1.56 bits per heavy atom. The van der Waals surface area contributed by atoms with Gasteiger partial charge in [0.15, 0.2) is 0 Å². The second-order valence-corrected chi connectivity index (χ2v) is 4.15. The maximum absolute atomic E-state index is 13.1. The molecule has 0 unspecified atom stereocenters. The van der Waals surface area contributed by atoms with Crippen LogP contribution in [0.3, 0.4) is 0 Å². The topological polar surface area (TPSA) is 55.5 Å². The van der Waals surface area contributed by atoms with Crippen LogP contribution in [0, 0.1) is 0 Å². The molecule has 0 aliphatic rings. The van der Waals surface area contributed by atoms with Crippen LogP contribution in [0.15, 0.2) is 22.7 Å². The molecule has 0 aliphatic heterocycles. The Morgan fingerprint density at radius 2 is 2.19 bits per heavy atom. The third-order valence-corrected chi connectivity index (χ3v) is 2.82. The highest BCUT2D eigenvalue weighted by Gasteiger charge is 2.37. The lowest BCUT2D eigenvalue weighted by Gasteiger charge is -2.22. The summed E-state index contributed by atoms with van der Waals surface area (Å²) >= 11 is 3.18. The van der Waals surface area contributed by atoms with Crippen molar-refractivity contribution in [3.63, 3.8) is 0 Å². The molecule has 3 nitrogen and oxygen atoms in total. The van der Waals surface area contributed by atoms with E-state index in [-0.39, 0.29) is 5.56 Å². The van der Waals surface area contributed by atoms with Crippen LogP contribution in [0.1, 0.15) is 11.6 Å². The minimum absolute atomic E-state index is 0.228. The average Bonchev–Trinajstić information content (AvgIpc) is 2.27. The van der Waals surface area contributed by atoms with Gasteiger partial charge in [-0.3, -0.25) is 0 Å². The Bertz CT molecular complexity index is 374. The van der Waals surface area contributed by atoms with Gasteiger partial charge in [0.05, 0.1) is 17.6 Å². The molecule has 1 aromatic carbocycles. The van der Waals surface area contributed by atoms with Crippen LogP contribution in [-0.4, -0.2) is 24.7 Å². The van der Waals surface area contributed by atoms with Crippen molar-refractivity contribution in [3.05, 3.63) is 28.2 Å². The molecular formula is C10H12BrF2NO2. The summed E-state index contributed by atoms with van der Waals surface area (Å²) in [6.07, 6.45) is 0. The number of ether oxygens (including phenoxy) is 1. The Kier molecular flexibility index (Phi) is 4.23. The molecule has 16 heavy (non-hydrogen) atoms. The van der Waals surface area contributed by atoms with Gasteiger partial charge in [-0.15, -0.1) is 0 Å². The number of hydrogen-bond acceptors (Lipinski definition) is 3. The van der Waals surface area contributed by atoms with Gasteiger partial charge in [-0.25, -0.2) is 8.78 Å². The van der Waals surface area contributed by atoms with E-state index < -0.39 is 18.6 Å². The molecule has 0 amide bonds. The molecule has 0 spiro atoms. The largest absolute Gasteiger partial charge is 0.496 e. The summed E-state index contributed by atoms with van der Waals surface area (Å²) in [7, 11) is 1.47. The predicted molar refractivity (Wildman–Crippen MR) is 59.7 cm³/mol. The number of hydrogen-bond donors (Lipinski definition) is 2. The first-order valence-corrected chi connectivity index (χ1v) is 5.29. The van der Waals surface area contributed by atoms with Crippen LogP contribution >= 0.6 is 15.9 Å². The molecule has 1 rings (SSSR count). The van der Waals surface area contributed by atoms with Crippen molar-refractivity contribution < 1.29 is 18.6 Å². The van der Waals surface area contributed by atoms with E-state index in [1.807, 2.05) is 0 Å². The number of rotatable bonds is 4. The number of benzene rings is 1. The lowest BCUT2D eigenvalue weighted by molar-refractivity contribution is -0.0712. The minimum Gasteiger partial charge on any atom is -0.496 e. The number of aliphatic hydroxyl groups is 1. The lowest BCUT2D eigenvalue weighted by Crippen LogP contribution is -2.36. The van der Waals surface area contributed by atoms with Crippen LogP contribution in [0.25, 0.3) is 0 Å². The fourth-order valence-electron chi connectivity index (χ4n) is 1.22. The number of methoxy groups -OCH3 is 1. The van der Waals surface area contributed by atoms with Crippen LogP contribution < -0.4 is 10.5 Å². The fourth-order valence-corrected chi connectivity index (χ4v) is 1.78. The molecule has 0 aromatic heterocycles. The van der Waals surface area contributed by atoms with E-state index in [0.717, 1.165) is 0 Å². The van der Waals surface area contributed by atoms with E-state index in [9.17, 15) is 8.78 Å². The lowest BCUT2D eigenvalue weighted by atomic mass is 10.0. The maximum Gasteiger partial charge on any atom is 0.289 e. The van der Waals surface area contributed by atoms with Gasteiger partial charge in [0.1, 0.15) is 12.4 Å². The molecule has 6 heteroatoms. The van der Waals surface area contributed by atoms with Crippen molar-refractivity contribution in [2.24, 2.45) is 5.73 Å². The van der Waals surface area contributed by atoms with Gasteiger partial charge >= 0.3 is 0 Å². The smallest absolute Gasteiger partial charge is 0.289 e. The van der Waals surface area contributed by atoms with Crippen molar-refractivity contribution in [2.75, 3.05) is 13.7 Å². The molecule has 0 bridgehead atoms. The van der Waals surface area contributed by atoms with Crippen LogP contribution in [0.2, 0.25) is 0 Å². The number of alkyl halides is 2. The van der Waals surface area contributed by atoms with Crippen LogP contribution in [-0.2, 0) is 0 Å². The zero-order valence-electron chi connectivity index (χ0n) is 8.58. The first-order chi connectivity index (χ1) is 7.42. The van der Waals surface area contributed by atoms with E-state index >= 15 is 0 Å². The van der Waals surface area contributed by atoms with Gasteiger partial charge in [0.2, 0.25) is 0 Å². The normalized spacial score (nSPS) is 13.6. The van der Waals surface area contributed by atoms with Gasteiger partial charge < -0.3 is 15.6 Å². The molecule has 0 fully saturated rings. The summed E-state index contributed by atoms with van der Waals surface area (Å²) in [5.41, 5.74) is 5.60. The second-order valence-electron chi connectivity index (χ2n) is 3.29. The van der Waals surface area contributed by atoms with Crippen LogP contribution in [0.4, 0.5) is 8.78 Å². The van der Waals surface area contributed by atoms with Crippen molar-refractivity contribution in [3.8, 4) is 5.75 Å². The third-order valence-electron chi connectivity index (χ3n) is 2.20. The Balaban J connectivity index is 3.02. The van der Waals surface area contributed by atoms with Gasteiger partial charge in [-0.05, 0) is 33.6 Å². The molecule has 0 saturated heterocycles. The summed E-state index contributed by atoms with van der Waals surface area (Å²) in [5.74, 6) is -2.81. The molecule has 0 heterocycles. The Hall–Kier alpha value is -0.720. The highest BCUT2D eigenvalue weighted by Crippen LogP contribution is 2.33. The first kappa shape index (κ1) is 13.3. The van der Waals surface area contributed by atoms with Gasteiger partial charge in [-0.2, -0.15) is 0 Å². The molecular weight excluding hydrogens is 284 g/mol. The number of halogens is 3. The maximum atomic E-state index is 13.1. The van der Waals surface area contributed by atoms with E-state index in [4.69, 9.17) is 15.6 Å². The molecule has 0 aliphatic carbocycles. The van der Waals surface area contributed by atoms with Gasteiger partial charge in [0, 0.05) is 0 Å². The van der Waals surface area contributed by atoms with E-state index in [1.54, 1.807) is 0 Å². The summed E-state index contributed by atoms with van der Waals surface area (Å²) in [6.45, 7) is -1.28. The van der Waals surface area contributed by atoms with Crippen molar-refractivity contribution in [1.82, 2.24) is 0 Å². The number of nitrogens with two attached hydrogens (primary N) is 1. The third kappa shape index (κ3) is 2.69. The van der Waals surface area contributed by atoms with Crippen molar-refractivity contribution in [1.29, 1.82) is 0 Å². The SMILES string of the molecule is COc1ccc([C@H](N)C(F)(F)CO)cc1Br. The first-order valence-electron chi connectivity index (χ1n) is 4.50. The second kappa shape index (κ2) is 5.07. The minimum atomic E-state index is -3.34. The number of aliphatic hydroxyl groups excluding tert-OH is 1. The summed E-state index contributed by atoms with van der Waals surface area (Å²) in [5, 5.41) is 8.53. The summed E-state index contributed by atoms with van der Waals surface area (Å²) < 4.78 is 31.8. The average molecular weight is 296 g/mol. The monoisotopic (exact) mass is 295 g/mol. The predicted octanol–water partition coefficient (Wildman–Crippen LogP) is 2.09. The Labute approximate surface area is 100 Å². The Morgan fingerprint density at radius 3 is 2.62 bits per heavy atom. The fraction of sp³-hybridized carbons (Fsp3) is 0.400. The van der Waals surface area contributed by atoms with Crippen molar-refractivity contribution in [2.45, 2.75) is 12.0 Å². The van der Waals surface area contributed by atoms with E-state index in [0.29, 0.717) is 10.2 Å². The van der Waals surface area contributed by atoms with E-state index in [2.05, 4.69) is 15.9 Å². The molecule has 90 valence electrons. The molecule has 0 saturated carbocycles. The standard InChI is InChI=1S/C10H12BrF2NO2/c1-16-8-3-2-6(4-7(8)11)9(14)10(12,13)5-15/h2-4,9,15H,5,14H2,1H3/t9-/m0/s1. The zero-order chi connectivity index (χ0) is 12.3. The summed E-state index contributed by atoms with van der Waals surface area (Å²) in [4.78, 5) is 0. The van der Waals surface area contributed by atoms with Crippen LogP contribution in [0.5, 0.6) is 5.75 Å². The molecule has 0 radical (unpaired) electrons. The van der Waals surface area contributed by atoms with Gasteiger partial charge in [-0.1, -0.05) is 6.07 Å². The zero-order valence-corrected chi connectivity index (χ0v) is 10.2. The molecule has 1 atom stereocenters. The van der Waals surface area contributed by atoms with Gasteiger partial charge in [0.25, 0.3) is 5.92 Å². The van der Waals surface area contributed by atoms with Crippen molar-refractivity contribution >= 4 is 15.9 Å². The molecule has 3 N–H and O–H groups in total. The highest BCUT2D eigenvalue weighted by molar-refractivity contribution is 9.10. The van der Waals surface area contributed by atoms with E-state index in [1.165, 1.54) is 25.3 Å².